The number of hydrogen-bond acceptors (Lipinski definition) is 5. The molecule has 0 radical (unpaired) electrons. The van der Waals surface area contributed by atoms with Crippen LogP contribution in [-0.4, -0.2) is 48.8 Å². The van der Waals surface area contributed by atoms with Crippen LogP contribution in [0, 0.1) is 0 Å². The average Bonchev–Trinajstić information content (AvgIpc) is 2.68. The third-order valence-corrected chi connectivity index (χ3v) is 5.11. The Labute approximate surface area is 147 Å². The van der Waals surface area contributed by atoms with Crippen molar-refractivity contribution in [3.63, 3.8) is 0 Å². The maximum absolute atomic E-state index is 11.2. The number of aromatic nitrogens is 1. The highest BCUT2D eigenvalue weighted by molar-refractivity contribution is 5.80. The molecule has 1 saturated heterocycles. The molecular weight excluding hydrogens is 314 g/mol. The molecule has 1 aromatic carbocycles. The lowest BCUT2D eigenvalue weighted by molar-refractivity contribution is 0.198. The second-order valence-corrected chi connectivity index (χ2v) is 6.58. The maximum atomic E-state index is 11.2. The number of aliphatic imine (C=N–C) groups is 1. The molecule has 2 N–H and O–H groups in total. The van der Waals surface area contributed by atoms with Crippen LogP contribution >= 0.6 is 0 Å². The first kappa shape index (κ1) is 15.9. The number of rotatable bonds is 3. The van der Waals surface area contributed by atoms with Crippen LogP contribution in [0.2, 0.25) is 0 Å². The molecule has 1 fully saturated rings. The van der Waals surface area contributed by atoms with Crippen LogP contribution in [0.4, 0.5) is 17.1 Å². The predicted molar refractivity (Wildman–Crippen MR) is 102 cm³/mol. The number of piperazine rings is 1. The van der Waals surface area contributed by atoms with Crippen molar-refractivity contribution in [3.8, 4) is 0 Å². The molecule has 2 aliphatic rings. The first-order valence-electron chi connectivity index (χ1n) is 8.79. The molecule has 4 rings (SSSR count). The summed E-state index contributed by atoms with van der Waals surface area (Å²) in [6, 6.07) is 10.4. The van der Waals surface area contributed by atoms with E-state index < -0.39 is 0 Å². The Morgan fingerprint density at radius 3 is 2.72 bits per heavy atom. The Bertz CT molecular complexity index is 815. The number of hydrogen-bond donors (Lipinski definition) is 2. The van der Waals surface area contributed by atoms with Gasteiger partial charge in [-0.05, 0) is 30.7 Å². The quantitative estimate of drug-likeness (QED) is 0.903. The van der Waals surface area contributed by atoms with Gasteiger partial charge in [0.1, 0.15) is 0 Å². The van der Waals surface area contributed by atoms with Crippen molar-refractivity contribution in [3.05, 3.63) is 52.4 Å². The summed E-state index contributed by atoms with van der Waals surface area (Å²) in [6.07, 6.45) is 3.72. The van der Waals surface area contributed by atoms with Gasteiger partial charge in [-0.2, -0.15) is 0 Å². The third-order valence-electron chi connectivity index (χ3n) is 5.11. The molecular formula is C19H23N5O. The van der Waals surface area contributed by atoms with E-state index >= 15 is 0 Å². The molecule has 1 aromatic heterocycles. The molecule has 3 heterocycles. The average molecular weight is 337 g/mol. The van der Waals surface area contributed by atoms with Crippen molar-refractivity contribution in [2.24, 2.45) is 4.99 Å². The first-order valence-corrected chi connectivity index (χ1v) is 8.79. The van der Waals surface area contributed by atoms with Gasteiger partial charge in [-0.15, -0.1) is 0 Å². The fourth-order valence-electron chi connectivity index (χ4n) is 3.54. The Kier molecular flexibility index (Phi) is 4.28. The topological polar surface area (TPSA) is 63.7 Å². The van der Waals surface area contributed by atoms with E-state index in [0.717, 1.165) is 49.8 Å². The molecule has 0 spiro atoms. The van der Waals surface area contributed by atoms with Crippen molar-refractivity contribution >= 4 is 23.3 Å². The number of nitrogens with zero attached hydrogens (tertiary/aromatic N) is 3. The van der Waals surface area contributed by atoms with Crippen molar-refractivity contribution in [1.82, 2.24) is 9.88 Å². The second-order valence-electron chi connectivity index (χ2n) is 6.58. The number of anilines is 2. The van der Waals surface area contributed by atoms with Gasteiger partial charge in [0, 0.05) is 50.7 Å². The zero-order valence-corrected chi connectivity index (χ0v) is 14.4. The second kappa shape index (κ2) is 6.72. The van der Waals surface area contributed by atoms with Gasteiger partial charge in [0.2, 0.25) is 5.56 Å². The van der Waals surface area contributed by atoms with Crippen LogP contribution < -0.4 is 15.8 Å². The number of benzene rings is 1. The van der Waals surface area contributed by atoms with E-state index in [1.807, 2.05) is 12.3 Å². The smallest absolute Gasteiger partial charge is 0.248 e. The largest absolute Gasteiger partial charge is 0.378 e. The van der Waals surface area contributed by atoms with Crippen molar-refractivity contribution in [2.75, 3.05) is 42.9 Å². The van der Waals surface area contributed by atoms with E-state index in [1.54, 1.807) is 12.3 Å². The molecule has 1 unspecified atom stereocenters. The lowest BCUT2D eigenvalue weighted by atomic mass is 10.0. The van der Waals surface area contributed by atoms with E-state index in [-0.39, 0.29) is 5.56 Å². The minimum Gasteiger partial charge on any atom is -0.378 e. The molecule has 130 valence electrons. The maximum Gasteiger partial charge on any atom is 0.248 e. The number of fused-ring (bicyclic) bond motifs is 1. The van der Waals surface area contributed by atoms with E-state index in [9.17, 15) is 4.79 Å². The van der Waals surface area contributed by atoms with Gasteiger partial charge in [-0.3, -0.25) is 14.7 Å². The summed E-state index contributed by atoms with van der Waals surface area (Å²) < 4.78 is 0. The van der Waals surface area contributed by atoms with E-state index in [0.29, 0.717) is 6.04 Å². The van der Waals surface area contributed by atoms with Crippen LogP contribution in [0.5, 0.6) is 0 Å². The van der Waals surface area contributed by atoms with Crippen molar-refractivity contribution in [1.29, 1.82) is 0 Å². The minimum absolute atomic E-state index is 0.0550. The lowest BCUT2D eigenvalue weighted by Gasteiger charge is -2.39. The van der Waals surface area contributed by atoms with Crippen LogP contribution in [-0.2, 0) is 0 Å². The molecule has 1 atom stereocenters. The van der Waals surface area contributed by atoms with Crippen molar-refractivity contribution in [2.45, 2.75) is 13.0 Å². The van der Waals surface area contributed by atoms with Crippen LogP contribution in [0.3, 0.4) is 0 Å². The van der Waals surface area contributed by atoms with E-state index in [1.165, 1.54) is 5.56 Å². The molecule has 0 amide bonds. The SMILES string of the molecule is CC(c1ccc2c(c1)N=CCN2)N1CCN(c2ccc(=O)[nH]c2)CC1. The highest BCUT2D eigenvalue weighted by atomic mass is 16.1. The summed E-state index contributed by atoms with van der Waals surface area (Å²) in [7, 11) is 0. The van der Waals surface area contributed by atoms with Crippen LogP contribution in [0.15, 0.2) is 46.3 Å². The number of nitrogens with one attached hydrogen (secondary N) is 2. The molecule has 25 heavy (non-hydrogen) atoms. The zero-order valence-electron chi connectivity index (χ0n) is 14.4. The molecule has 6 heteroatoms. The summed E-state index contributed by atoms with van der Waals surface area (Å²) >= 11 is 0. The first-order chi connectivity index (χ1) is 12.2. The highest BCUT2D eigenvalue weighted by Crippen LogP contribution is 2.32. The van der Waals surface area contributed by atoms with Gasteiger partial charge < -0.3 is 15.2 Å². The van der Waals surface area contributed by atoms with Crippen LogP contribution in [0.25, 0.3) is 0 Å². The molecule has 0 aliphatic carbocycles. The molecule has 2 aliphatic heterocycles. The minimum atomic E-state index is -0.0550. The number of H-pyrrole nitrogens is 1. The summed E-state index contributed by atoms with van der Waals surface area (Å²) in [5.41, 5.74) is 4.47. The van der Waals surface area contributed by atoms with Gasteiger partial charge in [-0.25, -0.2) is 0 Å². The highest BCUT2D eigenvalue weighted by Gasteiger charge is 2.23. The lowest BCUT2D eigenvalue weighted by Crippen LogP contribution is -2.47. The van der Waals surface area contributed by atoms with Gasteiger partial charge in [-0.1, -0.05) is 6.07 Å². The molecule has 2 aromatic rings. The molecule has 0 bridgehead atoms. The third kappa shape index (κ3) is 3.30. The Balaban J connectivity index is 1.43. The van der Waals surface area contributed by atoms with Gasteiger partial charge >= 0.3 is 0 Å². The fraction of sp³-hybridized carbons (Fsp3) is 0.368. The Morgan fingerprint density at radius 1 is 1.12 bits per heavy atom. The molecule has 0 saturated carbocycles. The van der Waals surface area contributed by atoms with E-state index in [4.69, 9.17) is 0 Å². The number of pyridine rings is 1. The normalized spacial score (nSPS) is 18.5. The summed E-state index contributed by atoms with van der Waals surface area (Å²) in [6.45, 7) is 6.98. The predicted octanol–water partition coefficient (Wildman–Crippen LogP) is 2.39. The zero-order chi connectivity index (χ0) is 17.2. The summed E-state index contributed by atoms with van der Waals surface area (Å²) in [5, 5.41) is 3.34. The van der Waals surface area contributed by atoms with Gasteiger partial charge in [0.05, 0.1) is 23.6 Å². The van der Waals surface area contributed by atoms with Gasteiger partial charge in [0.15, 0.2) is 0 Å². The van der Waals surface area contributed by atoms with Gasteiger partial charge in [0.25, 0.3) is 0 Å². The number of aromatic amines is 1. The fourth-order valence-corrected chi connectivity index (χ4v) is 3.54. The summed E-state index contributed by atoms with van der Waals surface area (Å²) in [5.74, 6) is 0. The summed E-state index contributed by atoms with van der Waals surface area (Å²) in [4.78, 5) is 23.3. The Morgan fingerprint density at radius 2 is 1.96 bits per heavy atom. The van der Waals surface area contributed by atoms with Crippen molar-refractivity contribution < 1.29 is 0 Å². The Hall–Kier alpha value is -2.60. The standard InChI is InChI=1S/C19H23N5O/c1-14(15-2-4-17-18(12-15)21-7-6-20-17)23-8-10-24(11-9-23)16-3-5-19(25)22-13-16/h2-5,7,12-14,20H,6,8-11H2,1H3,(H,22,25). The van der Waals surface area contributed by atoms with Crippen LogP contribution in [0.1, 0.15) is 18.5 Å². The van der Waals surface area contributed by atoms with E-state index in [2.05, 4.69) is 50.2 Å². The molecule has 6 nitrogen and oxygen atoms in total. The monoisotopic (exact) mass is 337 g/mol.